The number of nitrogens with zero attached hydrogens (tertiary/aromatic N) is 3. The van der Waals surface area contributed by atoms with Crippen molar-refractivity contribution in [2.45, 2.75) is 6.54 Å². The van der Waals surface area contributed by atoms with Crippen LogP contribution < -0.4 is 0 Å². The second kappa shape index (κ2) is 8.12. The summed E-state index contributed by atoms with van der Waals surface area (Å²) >= 11 is 6.24. The summed E-state index contributed by atoms with van der Waals surface area (Å²) in [6, 6.07) is 15.6. The molecular formula is C21H20ClFN4O. The van der Waals surface area contributed by atoms with E-state index in [1.807, 2.05) is 29.2 Å². The van der Waals surface area contributed by atoms with Gasteiger partial charge in [0.1, 0.15) is 11.5 Å². The van der Waals surface area contributed by atoms with Crippen molar-refractivity contribution in [2.75, 3.05) is 26.2 Å². The Bertz CT molecular complexity index is 965. The van der Waals surface area contributed by atoms with E-state index in [0.29, 0.717) is 24.5 Å². The molecule has 1 aromatic heterocycles. The largest absolute Gasteiger partial charge is 0.335 e. The number of amides is 1. The molecule has 1 amide bonds. The fourth-order valence-corrected chi connectivity index (χ4v) is 3.54. The molecular weight excluding hydrogens is 379 g/mol. The number of carbonyl (C=O) groups excluding carboxylic acids is 1. The van der Waals surface area contributed by atoms with E-state index in [9.17, 15) is 9.18 Å². The van der Waals surface area contributed by atoms with Crippen molar-refractivity contribution in [3.8, 4) is 11.3 Å². The zero-order valence-corrected chi connectivity index (χ0v) is 16.0. The quantitative estimate of drug-likeness (QED) is 0.726. The van der Waals surface area contributed by atoms with Gasteiger partial charge in [-0.3, -0.25) is 14.8 Å². The average Bonchev–Trinajstić information content (AvgIpc) is 3.20. The lowest BCUT2D eigenvalue weighted by Gasteiger charge is -2.34. The van der Waals surface area contributed by atoms with Gasteiger partial charge < -0.3 is 4.90 Å². The molecule has 144 valence electrons. The first-order valence-electron chi connectivity index (χ1n) is 9.16. The van der Waals surface area contributed by atoms with Crippen LogP contribution in [0.2, 0.25) is 5.02 Å². The van der Waals surface area contributed by atoms with Gasteiger partial charge in [0.2, 0.25) is 0 Å². The third kappa shape index (κ3) is 4.08. The first-order chi connectivity index (χ1) is 13.6. The lowest BCUT2D eigenvalue weighted by molar-refractivity contribution is 0.0622. The van der Waals surface area contributed by atoms with Crippen LogP contribution in [0, 0.1) is 5.82 Å². The molecule has 1 N–H and O–H groups in total. The van der Waals surface area contributed by atoms with Gasteiger partial charge in [0.25, 0.3) is 5.91 Å². The standard InChI is InChI=1S/C21H20ClFN4O/c22-18-4-2-1-3-16(18)14-26-9-11-27(12-10-26)21(28)20-13-19(24-25-20)15-5-7-17(23)8-6-15/h1-8,13H,9-12,14H2,(H,24,25). The number of carbonyl (C=O) groups is 1. The Hall–Kier alpha value is -2.70. The molecule has 0 aliphatic carbocycles. The second-order valence-corrected chi connectivity index (χ2v) is 7.24. The van der Waals surface area contributed by atoms with E-state index < -0.39 is 0 Å². The summed E-state index contributed by atoms with van der Waals surface area (Å²) in [6.07, 6.45) is 0. The minimum atomic E-state index is -0.301. The van der Waals surface area contributed by atoms with Crippen molar-refractivity contribution >= 4 is 17.5 Å². The van der Waals surface area contributed by atoms with Crippen molar-refractivity contribution in [1.82, 2.24) is 20.0 Å². The second-order valence-electron chi connectivity index (χ2n) is 6.83. The smallest absolute Gasteiger partial charge is 0.271 e. The molecule has 0 bridgehead atoms. The zero-order valence-electron chi connectivity index (χ0n) is 15.2. The average molecular weight is 399 g/mol. The number of H-pyrrole nitrogens is 1. The van der Waals surface area contributed by atoms with Gasteiger partial charge in [-0.25, -0.2) is 4.39 Å². The van der Waals surface area contributed by atoms with Crippen LogP contribution in [0.4, 0.5) is 4.39 Å². The summed E-state index contributed by atoms with van der Waals surface area (Å²) in [5.74, 6) is -0.372. The van der Waals surface area contributed by atoms with Crippen LogP contribution in [0.3, 0.4) is 0 Å². The highest BCUT2D eigenvalue weighted by atomic mass is 35.5. The van der Waals surface area contributed by atoms with Crippen LogP contribution in [-0.2, 0) is 6.54 Å². The minimum absolute atomic E-state index is 0.0711. The third-order valence-corrected chi connectivity index (χ3v) is 5.33. The monoisotopic (exact) mass is 398 g/mol. The topological polar surface area (TPSA) is 52.2 Å². The fraction of sp³-hybridized carbons (Fsp3) is 0.238. The number of aromatic amines is 1. The highest BCUT2D eigenvalue weighted by molar-refractivity contribution is 6.31. The summed E-state index contributed by atoms with van der Waals surface area (Å²) in [5.41, 5.74) is 2.93. The fourth-order valence-electron chi connectivity index (χ4n) is 3.35. The first kappa shape index (κ1) is 18.7. The first-order valence-corrected chi connectivity index (χ1v) is 9.54. The molecule has 28 heavy (non-hydrogen) atoms. The molecule has 0 unspecified atom stereocenters. The molecule has 2 heterocycles. The Morgan fingerprint density at radius 2 is 1.79 bits per heavy atom. The van der Waals surface area contributed by atoms with Crippen LogP contribution in [0.25, 0.3) is 11.3 Å². The maximum atomic E-state index is 13.1. The Morgan fingerprint density at radius 1 is 1.07 bits per heavy atom. The van der Waals surface area contributed by atoms with Crippen molar-refractivity contribution in [1.29, 1.82) is 0 Å². The molecule has 3 aromatic rings. The van der Waals surface area contributed by atoms with E-state index in [0.717, 1.165) is 35.8 Å². The Balaban J connectivity index is 1.36. The SMILES string of the molecule is O=C(c1cc(-c2ccc(F)cc2)n[nH]1)N1CCN(Cc2ccccc2Cl)CC1. The Morgan fingerprint density at radius 3 is 2.50 bits per heavy atom. The van der Waals surface area contributed by atoms with Gasteiger partial charge in [0.05, 0.1) is 5.69 Å². The van der Waals surface area contributed by atoms with E-state index in [-0.39, 0.29) is 11.7 Å². The zero-order chi connectivity index (χ0) is 19.5. The van der Waals surface area contributed by atoms with E-state index >= 15 is 0 Å². The van der Waals surface area contributed by atoms with Gasteiger partial charge in [-0.15, -0.1) is 0 Å². The molecule has 0 radical (unpaired) electrons. The van der Waals surface area contributed by atoms with Gasteiger partial charge >= 0.3 is 0 Å². The van der Waals surface area contributed by atoms with Gasteiger partial charge in [0.15, 0.2) is 0 Å². The lowest BCUT2D eigenvalue weighted by atomic mass is 10.1. The van der Waals surface area contributed by atoms with Crippen LogP contribution >= 0.6 is 11.6 Å². The number of hydrogen-bond donors (Lipinski definition) is 1. The Labute approximate surface area is 167 Å². The summed E-state index contributed by atoms with van der Waals surface area (Å²) < 4.78 is 13.1. The highest BCUT2D eigenvalue weighted by Crippen LogP contribution is 2.20. The molecule has 0 saturated carbocycles. The van der Waals surface area contributed by atoms with Gasteiger partial charge in [-0.1, -0.05) is 29.8 Å². The molecule has 1 saturated heterocycles. The maximum Gasteiger partial charge on any atom is 0.271 e. The van der Waals surface area contributed by atoms with Gasteiger partial charge in [-0.2, -0.15) is 5.10 Å². The summed E-state index contributed by atoms with van der Waals surface area (Å²) in [6.45, 7) is 3.65. The number of hydrogen-bond acceptors (Lipinski definition) is 3. The van der Waals surface area contributed by atoms with Crippen LogP contribution in [0.15, 0.2) is 54.6 Å². The van der Waals surface area contributed by atoms with Crippen molar-refractivity contribution in [3.63, 3.8) is 0 Å². The van der Waals surface area contributed by atoms with Gasteiger partial charge in [-0.05, 0) is 42.0 Å². The normalized spacial score (nSPS) is 15.0. The molecule has 0 atom stereocenters. The highest BCUT2D eigenvalue weighted by Gasteiger charge is 2.24. The van der Waals surface area contributed by atoms with Crippen molar-refractivity contribution < 1.29 is 9.18 Å². The lowest BCUT2D eigenvalue weighted by Crippen LogP contribution is -2.48. The summed E-state index contributed by atoms with van der Waals surface area (Å²) in [5, 5.41) is 7.77. The predicted octanol–water partition coefficient (Wildman–Crippen LogP) is 3.83. The maximum absolute atomic E-state index is 13.1. The number of halogens is 2. The van der Waals surface area contributed by atoms with Crippen LogP contribution in [0.1, 0.15) is 16.1 Å². The minimum Gasteiger partial charge on any atom is -0.335 e. The third-order valence-electron chi connectivity index (χ3n) is 4.96. The number of rotatable bonds is 4. The molecule has 2 aromatic carbocycles. The molecule has 5 nitrogen and oxygen atoms in total. The number of aromatic nitrogens is 2. The van der Waals surface area contributed by atoms with Crippen LogP contribution in [0.5, 0.6) is 0 Å². The number of nitrogens with one attached hydrogen (secondary N) is 1. The molecule has 7 heteroatoms. The van der Waals surface area contributed by atoms with Crippen LogP contribution in [-0.4, -0.2) is 52.1 Å². The Kier molecular flexibility index (Phi) is 5.41. The molecule has 1 aliphatic heterocycles. The summed E-state index contributed by atoms with van der Waals surface area (Å²) in [4.78, 5) is 16.9. The van der Waals surface area contributed by atoms with Crippen molar-refractivity contribution in [2.24, 2.45) is 0 Å². The van der Waals surface area contributed by atoms with Gasteiger partial charge in [0, 0.05) is 43.3 Å². The van der Waals surface area contributed by atoms with E-state index in [1.165, 1.54) is 12.1 Å². The molecule has 4 rings (SSSR count). The molecule has 1 aliphatic rings. The number of benzene rings is 2. The summed E-state index contributed by atoms with van der Waals surface area (Å²) in [7, 11) is 0. The number of piperazine rings is 1. The predicted molar refractivity (Wildman–Crippen MR) is 107 cm³/mol. The van der Waals surface area contributed by atoms with E-state index in [1.54, 1.807) is 18.2 Å². The van der Waals surface area contributed by atoms with E-state index in [2.05, 4.69) is 15.1 Å². The molecule has 1 fully saturated rings. The molecule has 0 spiro atoms. The van der Waals surface area contributed by atoms with E-state index in [4.69, 9.17) is 11.6 Å². The van der Waals surface area contributed by atoms with Crippen molar-refractivity contribution in [3.05, 3.63) is 76.7 Å².